The highest BCUT2D eigenvalue weighted by Gasteiger charge is 2.15. The summed E-state index contributed by atoms with van der Waals surface area (Å²) in [5.41, 5.74) is 2.65. The summed E-state index contributed by atoms with van der Waals surface area (Å²) in [4.78, 5) is 19.9. The molecule has 27 heavy (non-hydrogen) atoms. The van der Waals surface area contributed by atoms with Gasteiger partial charge in [-0.1, -0.05) is 6.07 Å². The smallest absolute Gasteiger partial charge is 0.337 e. The average molecular weight is 383 g/mol. The number of pyridine rings is 2. The molecule has 0 bridgehead atoms. The van der Waals surface area contributed by atoms with Gasteiger partial charge < -0.3 is 4.74 Å². The van der Waals surface area contributed by atoms with Gasteiger partial charge in [-0.25, -0.2) is 17.9 Å². The van der Waals surface area contributed by atoms with Crippen molar-refractivity contribution < 1.29 is 17.9 Å². The molecule has 0 radical (unpaired) electrons. The van der Waals surface area contributed by atoms with E-state index in [1.54, 1.807) is 24.7 Å². The van der Waals surface area contributed by atoms with Crippen molar-refractivity contribution >= 4 is 16.0 Å². The van der Waals surface area contributed by atoms with E-state index in [1.165, 1.54) is 31.4 Å². The van der Waals surface area contributed by atoms with Crippen LogP contribution in [0.15, 0.2) is 72.0 Å². The van der Waals surface area contributed by atoms with Gasteiger partial charge in [-0.05, 0) is 48.0 Å². The van der Waals surface area contributed by atoms with Gasteiger partial charge in [0.05, 0.1) is 23.3 Å². The minimum absolute atomic E-state index is 0.0649. The van der Waals surface area contributed by atoms with Crippen molar-refractivity contribution in [3.63, 3.8) is 0 Å². The largest absolute Gasteiger partial charge is 0.465 e. The Morgan fingerprint density at radius 1 is 1.07 bits per heavy atom. The molecule has 7 nitrogen and oxygen atoms in total. The first-order valence-corrected chi connectivity index (χ1v) is 9.51. The van der Waals surface area contributed by atoms with Crippen LogP contribution >= 0.6 is 0 Å². The molecule has 1 N–H and O–H groups in total. The molecule has 0 saturated heterocycles. The van der Waals surface area contributed by atoms with E-state index in [-0.39, 0.29) is 17.0 Å². The highest BCUT2D eigenvalue weighted by Crippen LogP contribution is 2.16. The molecule has 0 fully saturated rings. The Hall–Kier alpha value is -3.10. The van der Waals surface area contributed by atoms with E-state index in [2.05, 4.69) is 19.4 Å². The van der Waals surface area contributed by atoms with Gasteiger partial charge >= 0.3 is 5.97 Å². The Morgan fingerprint density at radius 2 is 1.85 bits per heavy atom. The van der Waals surface area contributed by atoms with E-state index in [1.807, 2.05) is 18.2 Å². The normalized spacial score (nSPS) is 11.1. The Morgan fingerprint density at radius 3 is 2.44 bits per heavy atom. The lowest BCUT2D eigenvalue weighted by atomic mass is 10.1. The number of carbonyl (C=O) groups excluding carboxylic acids is 1. The second-order valence-electron chi connectivity index (χ2n) is 5.63. The summed E-state index contributed by atoms with van der Waals surface area (Å²) < 4.78 is 31.9. The molecule has 1 aromatic carbocycles. The number of methoxy groups -OCH3 is 1. The highest BCUT2D eigenvalue weighted by molar-refractivity contribution is 7.89. The van der Waals surface area contributed by atoms with Crippen molar-refractivity contribution in [2.24, 2.45) is 0 Å². The van der Waals surface area contributed by atoms with Gasteiger partial charge in [-0.15, -0.1) is 0 Å². The summed E-state index contributed by atoms with van der Waals surface area (Å²) in [5, 5.41) is 0. The molecule has 0 unspecified atom stereocenters. The number of benzene rings is 1. The molecular formula is C19H17N3O4S. The third kappa shape index (κ3) is 4.55. The fraction of sp³-hybridized carbons (Fsp3) is 0.105. The summed E-state index contributed by atoms with van der Waals surface area (Å²) in [6.45, 7) is 0.0986. The van der Waals surface area contributed by atoms with Crippen molar-refractivity contribution in [3.8, 4) is 11.3 Å². The molecule has 3 rings (SSSR count). The topological polar surface area (TPSA) is 98.2 Å². The van der Waals surface area contributed by atoms with Crippen molar-refractivity contribution in [2.45, 2.75) is 11.4 Å². The summed E-state index contributed by atoms with van der Waals surface area (Å²) >= 11 is 0. The number of nitrogens with zero attached hydrogens (tertiary/aromatic N) is 2. The first kappa shape index (κ1) is 18.7. The van der Waals surface area contributed by atoms with Crippen LogP contribution in [0.5, 0.6) is 0 Å². The van der Waals surface area contributed by atoms with Gasteiger partial charge in [0.15, 0.2) is 0 Å². The van der Waals surface area contributed by atoms with Crippen molar-refractivity contribution in [3.05, 3.63) is 78.2 Å². The maximum atomic E-state index is 12.4. The molecule has 0 atom stereocenters. The minimum atomic E-state index is -3.71. The van der Waals surface area contributed by atoms with E-state index in [0.717, 1.165) is 16.8 Å². The fourth-order valence-electron chi connectivity index (χ4n) is 2.36. The van der Waals surface area contributed by atoms with Crippen LogP contribution in [-0.2, 0) is 21.3 Å². The van der Waals surface area contributed by atoms with Gasteiger partial charge in [0.25, 0.3) is 0 Å². The number of nitrogens with one attached hydrogen (secondary N) is 1. The predicted octanol–water partition coefficient (Wildman–Crippen LogP) is 2.41. The Balaban J connectivity index is 1.67. The summed E-state index contributed by atoms with van der Waals surface area (Å²) in [5.74, 6) is -0.522. The monoisotopic (exact) mass is 383 g/mol. The number of hydrogen-bond acceptors (Lipinski definition) is 6. The first-order valence-electron chi connectivity index (χ1n) is 8.03. The quantitative estimate of drug-likeness (QED) is 0.657. The third-order valence-electron chi connectivity index (χ3n) is 3.83. The molecule has 0 aliphatic carbocycles. The van der Waals surface area contributed by atoms with Crippen LogP contribution in [0.2, 0.25) is 0 Å². The predicted molar refractivity (Wildman–Crippen MR) is 99.3 cm³/mol. The SMILES string of the molecule is COC(=O)c1ccc(S(=O)(=O)NCc2ccc(-c3cccnc3)nc2)cc1. The molecule has 0 amide bonds. The minimum Gasteiger partial charge on any atom is -0.465 e. The van der Waals surface area contributed by atoms with Gasteiger partial charge in [-0.3, -0.25) is 9.97 Å². The lowest BCUT2D eigenvalue weighted by Gasteiger charge is -2.08. The molecule has 0 saturated carbocycles. The number of carbonyl (C=O) groups is 1. The first-order chi connectivity index (χ1) is 13.0. The van der Waals surface area contributed by atoms with E-state index in [0.29, 0.717) is 0 Å². The molecule has 0 aliphatic heterocycles. The van der Waals surface area contributed by atoms with Crippen molar-refractivity contribution in [1.82, 2.24) is 14.7 Å². The zero-order valence-corrected chi connectivity index (χ0v) is 15.3. The van der Waals surface area contributed by atoms with Crippen molar-refractivity contribution in [2.75, 3.05) is 7.11 Å². The number of sulfonamides is 1. The van der Waals surface area contributed by atoms with Crippen LogP contribution in [0, 0.1) is 0 Å². The van der Waals surface area contributed by atoms with E-state index >= 15 is 0 Å². The van der Waals surface area contributed by atoms with E-state index in [9.17, 15) is 13.2 Å². The molecular weight excluding hydrogens is 366 g/mol. The Labute approximate surface area is 157 Å². The van der Waals surface area contributed by atoms with Crippen molar-refractivity contribution in [1.29, 1.82) is 0 Å². The highest BCUT2D eigenvalue weighted by atomic mass is 32.2. The van der Waals surface area contributed by atoms with E-state index < -0.39 is 16.0 Å². The molecule has 2 heterocycles. The lowest BCUT2D eigenvalue weighted by Crippen LogP contribution is -2.23. The van der Waals surface area contributed by atoms with Gasteiger partial charge in [0.2, 0.25) is 10.0 Å². The molecule has 138 valence electrons. The standard InChI is InChI=1S/C19H17N3O4S/c1-26-19(23)15-5-7-17(8-6-15)27(24,25)22-12-14-4-9-18(21-11-14)16-3-2-10-20-13-16/h2-11,13,22H,12H2,1H3. The van der Waals surface area contributed by atoms with Crippen LogP contribution in [0.4, 0.5) is 0 Å². The van der Waals surface area contributed by atoms with Crippen LogP contribution in [0.25, 0.3) is 11.3 Å². The second kappa shape index (κ2) is 8.07. The summed E-state index contributed by atoms with van der Waals surface area (Å²) in [6, 6.07) is 12.9. The van der Waals surface area contributed by atoms with Crippen LogP contribution in [0.3, 0.4) is 0 Å². The lowest BCUT2D eigenvalue weighted by molar-refractivity contribution is 0.0600. The molecule has 0 aliphatic rings. The van der Waals surface area contributed by atoms with Gasteiger partial charge in [-0.2, -0.15) is 0 Å². The number of hydrogen-bond donors (Lipinski definition) is 1. The van der Waals surface area contributed by atoms with Crippen LogP contribution in [0.1, 0.15) is 15.9 Å². The van der Waals surface area contributed by atoms with Crippen LogP contribution in [-0.4, -0.2) is 31.5 Å². The molecule has 3 aromatic rings. The van der Waals surface area contributed by atoms with Gasteiger partial charge in [0, 0.05) is 30.7 Å². The number of esters is 1. The molecule has 0 spiro atoms. The number of ether oxygens (including phenoxy) is 1. The fourth-order valence-corrected chi connectivity index (χ4v) is 3.38. The Kier molecular flexibility index (Phi) is 5.58. The second-order valence-corrected chi connectivity index (χ2v) is 7.40. The zero-order chi connectivity index (χ0) is 19.3. The zero-order valence-electron chi connectivity index (χ0n) is 14.5. The average Bonchev–Trinajstić information content (AvgIpc) is 2.73. The third-order valence-corrected chi connectivity index (χ3v) is 5.25. The van der Waals surface area contributed by atoms with Crippen LogP contribution < -0.4 is 4.72 Å². The Bertz CT molecular complexity index is 1020. The summed E-state index contributed by atoms with van der Waals surface area (Å²) in [6.07, 6.45) is 5.01. The maximum absolute atomic E-state index is 12.4. The van der Waals surface area contributed by atoms with E-state index in [4.69, 9.17) is 0 Å². The molecule has 8 heteroatoms. The summed E-state index contributed by atoms with van der Waals surface area (Å²) in [7, 11) is -2.44. The maximum Gasteiger partial charge on any atom is 0.337 e. The number of aromatic nitrogens is 2. The molecule has 2 aromatic heterocycles. The van der Waals surface area contributed by atoms with Gasteiger partial charge in [0.1, 0.15) is 0 Å². The number of rotatable bonds is 6.